The first-order valence-corrected chi connectivity index (χ1v) is 8.57. The van der Waals surface area contributed by atoms with Crippen molar-refractivity contribution in [1.29, 1.82) is 0 Å². The molecule has 1 amide bonds. The van der Waals surface area contributed by atoms with Crippen LogP contribution in [0.4, 0.5) is 5.69 Å². The van der Waals surface area contributed by atoms with Gasteiger partial charge in [0.2, 0.25) is 5.88 Å². The maximum absolute atomic E-state index is 11.8. The summed E-state index contributed by atoms with van der Waals surface area (Å²) in [5.74, 6) is -0.307. The molecule has 2 rings (SSSR count). The largest absolute Gasteiger partial charge is 0.493 e. The van der Waals surface area contributed by atoms with Crippen molar-refractivity contribution in [3.8, 4) is 5.88 Å². The lowest BCUT2D eigenvalue weighted by Crippen LogP contribution is -1.91. The lowest BCUT2D eigenvalue weighted by Gasteiger charge is -1.99. The number of hydrogen-bond donors (Lipinski definition) is 2. The summed E-state index contributed by atoms with van der Waals surface area (Å²) in [6.45, 7) is 3.71. The van der Waals surface area contributed by atoms with Gasteiger partial charge in [0.05, 0.1) is 5.52 Å². The van der Waals surface area contributed by atoms with Crippen LogP contribution < -0.4 is 0 Å². The second kappa shape index (κ2) is 9.65. The van der Waals surface area contributed by atoms with Crippen LogP contribution >= 0.6 is 0 Å². The zero-order chi connectivity index (χ0) is 17.2. The molecule has 1 heterocycles. The number of carbonyl (C=O) groups is 1. The molecule has 24 heavy (non-hydrogen) atoms. The van der Waals surface area contributed by atoms with Crippen LogP contribution in [0.2, 0.25) is 0 Å². The minimum atomic E-state index is -0.244. The Morgan fingerprint density at radius 1 is 1.12 bits per heavy atom. The number of aromatic amines is 1. The summed E-state index contributed by atoms with van der Waals surface area (Å²) in [4.78, 5) is 14.6. The number of rotatable bonds is 10. The van der Waals surface area contributed by atoms with Crippen molar-refractivity contribution in [3.05, 3.63) is 36.9 Å². The van der Waals surface area contributed by atoms with Crippen molar-refractivity contribution in [1.82, 2.24) is 4.98 Å². The molecule has 0 fully saturated rings. The van der Waals surface area contributed by atoms with Crippen LogP contribution in [0.25, 0.3) is 10.9 Å². The van der Waals surface area contributed by atoms with E-state index in [4.69, 9.17) is 0 Å². The van der Waals surface area contributed by atoms with E-state index < -0.39 is 0 Å². The molecule has 2 N–H and O–H groups in total. The maximum atomic E-state index is 11.8. The summed E-state index contributed by atoms with van der Waals surface area (Å²) in [5, 5.41) is 18.3. The highest BCUT2D eigenvalue weighted by molar-refractivity contribution is 5.94. The highest BCUT2D eigenvalue weighted by Crippen LogP contribution is 2.35. The molecule has 0 aliphatic heterocycles. The van der Waals surface area contributed by atoms with E-state index in [-0.39, 0.29) is 11.8 Å². The van der Waals surface area contributed by atoms with Gasteiger partial charge in [-0.25, -0.2) is 0 Å². The molecule has 0 bridgehead atoms. The van der Waals surface area contributed by atoms with Crippen molar-refractivity contribution in [2.45, 2.75) is 51.4 Å². The summed E-state index contributed by atoms with van der Waals surface area (Å²) >= 11 is 0. The molecule has 5 heteroatoms. The Morgan fingerprint density at radius 2 is 1.83 bits per heavy atom. The van der Waals surface area contributed by atoms with Crippen LogP contribution in [0.1, 0.15) is 51.4 Å². The number of carbonyl (C=O) groups excluding carboxylic acids is 1. The molecular weight excluding hydrogens is 302 g/mol. The van der Waals surface area contributed by atoms with Crippen LogP contribution in [0, 0.1) is 0 Å². The smallest absolute Gasteiger partial charge is 0.264 e. The first-order valence-electron chi connectivity index (χ1n) is 8.57. The van der Waals surface area contributed by atoms with Gasteiger partial charge in [0.25, 0.3) is 5.91 Å². The molecule has 0 radical (unpaired) electrons. The third kappa shape index (κ3) is 5.33. The van der Waals surface area contributed by atoms with E-state index in [2.05, 4.69) is 21.8 Å². The average Bonchev–Trinajstić information content (AvgIpc) is 2.90. The number of nitrogens with one attached hydrogen (secondary N) is 1. The molecule has 128 valence electrons. The minimum absolute atomic E-state index is 0.0627. The van der Waals surface area contributed by atoms with Crippen molar-refractivity contribution in [2.75, 3.05) is 0 Å². The van der Waals surface area contributed by atoms with Gasteiger partial charge in [-0.3, -0.25) is 4.79 Å². The molecule has 0 atom stereocenters. The third-order valence-electron chi connectivity index (χ3n) is 3.97. The standard InChI is InChI=1S/C19H25N3O2/c1-2-3-4-5-6-7-8-9-14-17(23)21-22-18-15-12-10-11-13-16(15)20-19(18)24/h2,10-13,20,24H,1,3-9,14H2. The number of allylic oxidation sites excluding steroid dienone is 1. The molecule has 0 unspecified atom stereocenters. The molecule has 1 aromatic carbocycles. The summed E-state index contributed by atoms with van der Waals surface area (Å²) in [6, 6.07) is 7.38. The van der Waals surface area contributed by atoms with Crippen molar-refractivity contribution in [2.24, 2.45) is 10.2 Å². The SMILES string of the molecule is C=CCCCCCCCCC(=O)N=Nc1c(O)[nH]c2ccccc12. The summed E-state index contributed by atoms with van der Waals surface area (Å²) in [5.41, 5.74) is 1.09. The van der Waals surface area contributed by atoms with E-state index in [0.29, 0.717) is 12.1 Å². The van der Waals surface area contributed by atoms with Crippen molar-refractivity contribution < 1.29 is 9.90 Å². The van der Waals surface area contributed by atoms with E-state index in [1.807, 2.05) is 30.3 Å². The zero-order valence-corrected chi connectivity index (χ0v) is 14.0. The summed E-state index contributed by atoms with van der Waals surface area (Å²) in [7, 11) is 0. The van der Waals surface area contributed by atoms with E-state index >= 15 is 0 Å². The molecule has 5 nitrogen and oxygen atoms in total. The van der Waals surface area contributed by atoms with Gasteiger partial charge in [-0.1, -0.05) is 50.0 Å². The maximum Gasteiger partial charge on any atom is 0.264 e. The van der Waals surface area contributed by atoms with Gasteiger partial charge >= 0.3 is 0 Å². The molecule has 2 aromatic rings. The number of benzene rings is 1. The van der Waals surface area contributed by atoms with E-state index in [1.54, 1.807) is 0 Å². The van der Waals surface area contributed by atoms with Gasteiger partial charge in [-0.05, 0) is 25.3 Å². The number of fused-ring (bicyclic) bond motifs is 1. The predicted octanol–water partition coefficient (Wildman–Crippen LogP) is 5.79. The summed E-state index contributed by atoms with van der Waals surface area (Å²) in [6.07, 6.45) is 10.1. The Labute approximate surface area is 142 Å². The number of para-hydroxylation sites is 1. The molecule has 0 saturated heterocycles. The van der Waals surface area contributed by atoms with E-state index in [0.717, 1.165) is 36.6 Å². The summed E-state index contributed by atoms with van der Waals surface area (Å²) < 4.78 is 0. The normalized spacial score (nSPS) is 11.3. The number of nitrogens with zero attached hydrogens (tertiary/aromatic N) is 2. The number of amides is 1. The number of aromatic hydroxyl groups is 1. The van der Waals surface area contributed by atoms with E-state index in [9.17, 15) is 9.90 Å². The number of aromatic nitrogens is 1. The number of hydrogen-bond acceptors (Lipinski definition) is 3. The molecule has 0 saturated carbocycles. The van der Waals surface area contributed by atoms with Crippen LogP contribution in [-0.4, -0.2) is 16.0 Å². The second-order valence-electron chi connectivity index (χ2n) is 5.91. The van der Waals surface area contributed by atoms with Gasteiger partial charge in [0, 0.05) is 11.8 Å². The first-order chi connectivity index (χ1) is 11.7. The van der Waals surface area contributed by atoms with Crippen molar-refractivity contribution >= 4 is 22.5 Å². The zero-order valence-electron chi connectivity index (χ0n) is 14.0. The lowest BCUT2D eigenvalue weighted by atomic mass is 10.1. The fourth-order valence-electron chi connectivity index (χ4n) is 2.64. The Balaban J connectivity index is 1.73. The Morgan fingerprint density at radius 3 is 2.62 bits per heavy atom. The number of azo groups is 1. The van der Waals surface area contributed by atoms with Gasteiger partial charge in [0.1, 0.15) is 0 Å². The Kier molecular flexibility index (Phi) is 7.21. The molecule has 1 aromatic heterocycles. The third-order valence-corrected chi connectivity index (χ3v) is 3.97. The van der Waals surface area contributed by atoms with Crippen molar-refractivity contribution in [3.63, 3.8) is 0 Å². The Bertz CT molecular complexity index is 704. The van der Waals surface area contributed by atoms with Crippen LogP contribution in [0.3, 0.4) is 0 Å². The van der Waals surface area contributed by atoms with Crippen LogP contribution in [0.5, 0.6) is 5.88 Å². The topological polar surface area (TPSA) is 77.8 Å². The Hall–Kier alpha value is -2.43. The van der Waals surface area contributed by atoms with Crippen LogP contribution in [-0.2, 0) is 4.79 Å². The average molecular weight is 327 g/mol. The first kappa shape index (κ1) is 17.9. The van der Waals surface area contributed by atoms with Gasteiger partial charge < -0.3 is 10.1 Å². The fourth-order valence-corrected chi connectivity index (χ4v) is 2.64. The highest BCUT2D eigenvalue weighted by Gasteiger charge is 2.10. The molecule has 0 spiro atoms. The van der Waals surface area contributed by atoms with Crippen LogP contribution in [0.15, 0.2) is 47.1 Å². The fraction of sp³-hybridized carbons (Fsp3) is 0.421. The highest BCUT2D eigenvalue weighted by atomic mass is 16.3. The molecule has 0 aliphatic rings. The monoisotopic (exact) mass is 327 g/mol. The minimum Gasteiger partial charge on any atom is -0.493 e. The molecule has 0 aliphatic carbocycles. The molecular formula is C19H25N3O2. The predicted molar refractivity (Wildman–Crippen MR) is 96.6 cm³/mol. The van der Waals surface area contributed by atoms with Gasteiger partial charge in [-0.15, -0.1) is 16.8 Å². The number of unbranched alkanes of at least 4 members (excludes halogenated alkanes) is 6. The quantitative estimate of drug-likeness (QED) is 0.329. The van der Waals surface area contributed by atoms with E-state index in [1.165, 1.54) is 19.3 Å². The van der Waals surface area contributed by atoms with Gasteiger partial charge in [0.15, 0.2) is 5.69 Å². The number of H-pyrrole nitrogens is 1. The van der Waals surface area contributed by atoms with Gasteiger partial charge in [-0.2, -0.15) is 0 Å². The lowest BCUT2D eigenvalue weighted by molar-refractivity contribution is -0.118. The second-order valence-corrected chi connectivity index (χ2v) is 5.91.